The van der Waals surface area contributed by atoms with Gasteiger partial charge in [0, 0.05) is 5.39 Å². The number of esters is 1. The second-order valence-corrected chi connectivity index (χ2v) is 6.75. The second kappa shape index (κ2) is 5.65. The SMILES string of the molecule is C/C(C=O)=C\C1C(C(=O)Oc2cccc3ccccc23)C1(C)C. The highest BCUT2D eigenvalue weighted by molar-refractivity contribution is 5.91. The molecule has 0 aliphatic heterocycles. The summed E-state index contributed by atoms with van der Waals surface area (Å²) in [4.78, 5) is 23.4. The van der Waals surface area contributed by atoms with E-state index < -0.39 is 0 Å². The fourth-order valence-corrected chi connectivity index (χ4v) is 3.22. The van der Waals surface area contributed by atoms with Crippen molar-refractivity contribution < 1.29 is 14.3 Å². The molecule has 0 bridgehead atoms. The summed E-state index contributed by atoms with van der Waals surface area (Å²) < 4.78 is 5.68. The van der Waals surface area contributed by atoms with Gasteiger partial charge in [0.1, 0.15) is 12.0 Å². The lowest BCUT2D eigenvalue weighted by molar-refractivity contribution is -0.136. The molecule has 0 spiro atoms. The van der Waals surface area contributed by atoms with Gasteiger partial charge in [-0.3, -0.25) is 9.59 Å². The van der Waals surface area contributed by atoms with E-state index in [1.165, 1.54) is 0 Å². The monoisotopic (exact) mass is 308 g/mol. The highest BCUT2D eigenvalue weighted by atomic mass is 16.5. The van der Waals surface area contributed by atoms with Gasteiger partial charge in [-0.05, 0) is 35.3 Å². The van der Waals surface area contributed by atoms with Gasteiger partial charge in [-0.15, -0.1) is 0 Å². The van der Waals surface area contributed by atoms with E-state index in [9.17, 15) is 9.59 Å². The summed E-state index contributed by atoms with van der Waals surface area (Å²) >= 11 is 0. The van der Waals surface area contributed by atoms with Crippen molar-refractivity contribution in [3.8, 4) is 5.75 Å². The average Bonchev–Trinajstić information content (AvgIpc) is 3.08. The Balaban J connectivity index is 1.83. The first-order chi connectivity index (χ1) is 10.9. The van der Waals surface area contributed by atoms with Gasteiger partial charge >= 0.3 is 5.97 Å². The Labute approximate surface area is 136 Å². The number of carbonyl (C=O) groups is 2. The molecule has 1 aliphatic rings. The number of hydrogen-bond donors (Lipinski definition) is 0. The Bertz CT molecular complexity index is 796. The minimum absolute atomic E-state index is 0.0511. The van der Waals surface area contributed by atoms with Gasteiger partial charge < -0.3 is 4.74 Å². The van der Waals surface area contributed by atoms with Gasteiger partial charge in [0.2, 0.25) is 0 Å². The predicted octanol–water partition coefficient (Wildman–Crippen LogP) is 4.16. The van der Waals surface area contributed by atoms with Crippen LogP contribution in [0.5, 0.6) is 5.75 Å². The average molecular weight is 308 g/mol. The Hall–Kier alpha value is -2.42. The van der Waals surface area contributed by atoms with Gasteiger partial charge in [-0.2, -0.15) is 0 Å². The molecule has 1 fully saturated rings. The molecule has 2 aromatic carbocycles. The smallest absolute Gasteiger partial charge is 0.315 e. The molecule has 2 unspecified atom stereocenters. The molecule has 2 aromatic rings. The van der Waals surface area contributed by atoms with Crippen molar-refractivity contribution in [1.82, 2.24) is 0 Å². The van der Waals surface area contributed by atoms with Crippen LogP contribution in [0.4, 0.5) is 0 Å². The minimum atomic E-state index is -0.230. The summed E-state index contributed by atoms with van der Waals surface area (Å²) in [5, 5.41) is 1.97. The Kier molecular flexibility index (Phi) is 3.80. The molecule has 118 valence electrons. The topological polar surface area (TPSA) is 43.4 Å². The van der Waals surface area contributed by atoms with E-state index in [1.54, 1.807) is 6.92 Å². The van der Waals surface area contributed by atoms with Crippen LogP contribution in [0.3, 0.4) is 0 Å². The van der Waals surface area contributed by atoms with E-state index in [2.05, 4.69) is 0 Å². The number of fused-ring (bicyclic) bond motifs is 1. The fraction of sp³-hybridized carbons (Fsp3) is 0.300. The first-order valence-electron chi connectivity index (χ1n) is 7.78. The van der Waals surface area contributed by atoms with Crippen LogP contribution in [0.15, 0.2) is 54.1 Å². The van der Waals surface area contributed by atoms with E-state index in [-0.39, 0.29) is 23.2 Å². The van der Waals surface area contributed by atoms with Crippen molar-refractivity contribution in [2.45, 2.75) is 20.8 Å². The molecule has 0 aromatic heterocycles. The van der Waals surface area contributed by atoms with Crippen LogP contribution in [-0.4, -0.2) is 12.3 Å². The molecule has 3 nitrogen and oxygen atoms in total. The van der Waals surface area contributed by atoms with Gasteiger partial charge in [0.25, 0.3) is 0 Å². The lowest BCUT2D eigenvalue weighted by atomic mass is 10.1. The normalized spacial score (nSPS) is 22.7. The van der Waals surface area contributed by atoms with Crippen molar-refractivity contribution in [3.05, 3.63) is 54.1 Å². The number of benzene rings is 2. The molecule has 1 aliphatic carbocycles. The number of ether oxygens (including phenoxy) is 1. The molecule has 2 atom stereocenters. The number of aldehydes is 1. The van der Waals surface area contributed by atoms with E-state index in [1.807, 2.05) is 62.4 Å². The Morgan fingerprint density at radius 2 is 1.83 bits per heavy atom. The maximum Gasteiger partial charge on any atom is 0.315 e. The molecule has 0 amide bonds. The highest BCUT2D eigenvalue weighted by Crippen LogP contribution is 2.59. The lowest BCUT2D eigenvalue weighted by Crippen LogP contribution is -2.14. The van der Waals surface area contributed by atoms with Crippen LogP contribution in [0.25, 0.3) is 10.8 Å². The van der Waals surface area contributed by atoms with Crippen LogP contribution in [0, 0.1) is 17.3 Å². The Morgan fingerprint density at radius 3 is 2.57 bits per heavy atom. The number of hydrogen-bond acceptors (Lipinski definition) is 3. The van der Waals surface area contributed by atoms with Crippen molar-refractivity contribution in [1.29, 1.82) is 0 Å². The summed E-state index contributed by atoms with van der Waals surface area (Å²) in [7, 11) is 0. The summed E-state index contributed by atoms with van der Waals surface area (Å²) in [6.45, 7) is 5.82. The number of carbonyl (C=O) groups excluding carboxylic acids is 2. The molecule has 0 radical (unpaired) electrons. The molecule has 23 heavy (non-hydrogen) atoms. The number of allylic oxidation sites excluding steroid dienone is 2. The van der Waals surface area contributed by atoms with Gasteiger partial charge in [-0.1, -0.05) is 56.3 Å². The van der Waals surface area contributed by atoms with Crippen molar-refractivity contribution in [2.24, 2.45) is 17.3 Å². The quantitative estimate of drug-likeness (QED) is 0.368. The predicted molar refractivity (Wildman–Crippen MR) is 90.2 cm³/mol. The molecule has 0 N–H and O–H groups in total. The van der Waals surface area contributed by atoms with Crippen molar-refractivity contribution in [3.63, 3.8) is 0 Å². The second-order valence-electron chi connectivity index (χ2n) is 6.75. The first kappa shape index (κ1) is 15.5. The lowest BCUT2D eigenvalue weighted by Gasteiger charge is -2.08. The first-order valence-corrected chi connectivity index (χ1v) is 7.78. The summed E-state index contributed by atoms with van der Waals surface area (Å²) in [5.74, 6) is 0.198. The molecule has 0 saturated heterocycles. The minimum Gasteiger partial charge on any atom is -0.426 e. The summed E-state index contributed by atoms with van der Waals surface area (Å²) in [6.07, 6.45) is 2.70. The van der Waals surface area contributed by atoms with Crippen LogP contribution in [0.2, 0.25) is 0 Å². The zero-order valence-electron chi connectivity index (χ0n) is 13.6. The maximum absolute atomic E-state index is 12.6. The van der Waals surface area contributed by atoms with E-state index in [0.29, 0.717) is 11.3 Å². The third-order valence-corrected chi connectivity index (χ3v) is 4.75. The highest BCUT2D eigenvalue weighted by Gasteiger charge is 2.61. The van der Waals surface area contributed by atoms with Crippen LogP contribution in [-0.2, 0) is 9.59 Å². The van der Waals surface area contributed by atoms with Gasteiger partial charge in [0.15, 0.2) is 0 Å². The largest absolute Gasteiger partial charge is 0.426 e. The molecule has 0 heterocycles. The van der Waals surface area contributed by atoms with E-state index >= 15 is 0 Å². The fourth-order valence-electron chi connectivity index (χ4n) is 3.22. The summed E-state index contributed by atoms with van der Waals surface area (Å²) in [5.41, 5.74) is 0.481. The van der Waals surface area contributed by atoms with Crippen LogP contribution < -0.4 is 4.74 Å². The van der Waals surface area contributed by atoms with E-state index in [0.717, 1.165) is 17.1 Å². The zero-order valence-corrected chi connectivity index (χ0v) is 13.6. The van der Waals surface area contributed by atoms with Crippen LogP contribution in [0.1, 0.15) is 20.8 Å². The van der Waals surface area contributed by atoms with E-state index in [4.69, 9.17) is 4.74 Å². The maximum atomic E-state index is 12.6. The molecule has 1 saturated carbocycles. The third-order valence-electron chi connectivity index (χ3n) is 4.75. The van der Waals surface area contributed by atoms with Gasteiger partial charge in [-0.25, -0.2) is 0 Å². The summed E-state index contributed by atoms with van der Waals surface area (Å²) in [6, 6.07) is 13.5. The standard InChI is InChI=1S/C20H20O3/c1-13(12-21)11-16-18(20(16,2)3)19(22)23-17-10-6-8-14-7-4-5-9-15(14)17/h4-12,16,18H,1-3H3/b13-11+. The Morgan fingerprint density at radius 1 is 1.13 bits per heavy atom. The van der Waals surface area contributed by atoms with Crippen molar-refractivity contribution >= 4 is 23.0 Å². The molecule has 3 heteroatoms. The third kappa shape index (κ3) is 2.79. The number of rotatable bonds is 4. The molecular formula is C20H20O3. The molecular weight excluding hydrogens is 288 g/mol. The van der Waals surface area contributed by atoms with Crippen LogP contribution >= 0.6 is 0 Å². The van der Waals surface area contributed by atoms with Crippen molar-refractivity contribution in [2.75, 3.05) is 0 Å². The zero-order chi connectivity index (χ0) is 16.6. The molecule has 3 rings (SSSR count). The van der Waals surface area contributed by atoms with Gasteiger partial charge in [0.05, 0.1) is 5.92 Å².